The van der Waals surface area contributed by atoms with Crippen molar-refractivity contribution in [3.8, 4) is 0 Å². The Hall–Kier alpha value is -1.99. The van der Waals surface area contributed by atoms with Gasteiger partial charge in [-0.3, -0.25) is 14.1 Å². The standard InChI is InChI=1S/C31H53O8P/c1-3-5-7-9-11-13-14-15-16-18-20-22-24-26-31(33)39-29(28-38-40(34,35)36)27-37-30(32)25-23-21-19-17-12-10-8-6-4-2/h5,7,11,13,15-16,20,22,29H,3-4,6,8-10,12,14,17-19,21,23-28H2,1-2H3,(H2,34,35,36)/b7-5-,13-11-,16-15-,22-20-. The van der Waals surface area contributed by atoms with E-state index in [1.54, 1.807) is 0 Å². The summed E-state index contributed by atoms with van der Waals surface area (Å²) in [7, 11) is -4.76. The van der Waals surface area contributed by atoms with E-state index in [4.69, 9.17) is 19.3 Å². The van der Waals surface area contributed by atoms with E-state index in [1.807, 2.05) is 12.2 Å². The number of carbonyl (C=O) groups excluding carboxylic acids is 2. The number of carbonyl (C=O) groups is 2. The predicted molar refractivity (Wildman–Crippen MR) is 161 cm³/mol. The first-order chi connectivity index (χ1) is 19.3. The summed E-state index contributed by atoms with van der Waals surface area (Å²) in [5.41, 5.74) is 0. The molecule has 9 heteroatoms. The number of ether oxygens (including phenoxy) is 2. The third kappa shape index (κ3) is 29.0. The first-order valence-electron chi connectivity index (χ1n) is 14.9. The summed E-state index contributed by atoms with van der Waals surface area (Å²) < 4.78 is 26.0. The van der Waals surface area contributed by atoms with Crippen LogP contribution in [0.3, 0.4) is 0 Å². The monoisotopic (exact) mass is 584 g/mol. The van der Waals surface area contributed by atoms with E-state index in [9.17, 15) is 14.2 Å². The molecule has 0 spiro atoms. The Morgan fingerprint density at radius 2 is 1.20 bits per heavy atom. The van der Waals surface area contributed by atoms with Gasteiger partial charge in [-0.2, -0.15) is 0 Å². The van der Waals surface area contributed by atoms with E-state index in [-0.39, 0.29) is 19.4 Å². The highest BCUT2D eigenvalue weighted by molar-refractivity contribution is 7.46. The van der Waals surface area contributed by atoms with Crippen LogP contribution in [-0.4, -0.2) is 41.0 Å². The zero-order valence-corrected chi connectivity index (χ0v) is 25.6. The first-order valence-corrected chi connectivity index (χ1v) is 16.5. The molecule has 0 aliphatic rings. The number of unbranched alkanes of at least 4 members (excludes halogenated alkanes) is 8. The van der Waals surface area contributed by atoms with E-state index in [0.29, 0.717) is 12.8 Å². The summed E-state index contributed by atoms with van der Waals surface area (Å²) in [5, 5.41) is 0. The van der Waals surface area contributed by atoms with E-state index in [0.717, 1.165) is 44.9 Å². The third-order valence-electron chi connectivity index (χ3n) is 5.88. The zero-order chi connectivity index (χ0) is 29.7. The molecule has 2 N–H and O–H groups in total. The largest absolute Gasteiger partial charge is 0.469 e. The summed E-state index contributed by atoms with van der Waals surface area (Å²) in [6.45, 7) is 3.43. The topological polar surface area (TPSA) is 119 Å². The van der Waals surface area contributed by atoms with Gasteiger partial charge >= 0.3 is 19.8 Å². The quantitative estimate of drug-likeness (QED) is 0.0453. The zero-order valence-electron chi connectivity index (χ0n) is 24.7. The van der Waals surface area contributed by atoms with Gasteiger partial charge in [0.15, 0.2) is 6.10 Å². The Morgan fingerprint density at radius 1 is 0.675 bits per heavy atom. The normalized spacial score (nSPS) is 13.2. The maximum Gasteiger partial charge on any atom is 0.469 e. The van der Waals surface area contributed by atoms with Crippen molar-refractivity contribution in [3.05, 3.63) is 48.6 Å². The fourth-order valence-corrected chi connectivity index (χ4v) is 4.04. The van der Waals surface area contributed by atoms with E-state index < -0.39 is 32.5 Å². The SMILES string of the molecule is CC/C=C\C/C=C\C/C=C\C/C=C\CCC(=O)OC(COC(=O)CCCCCCCCCCC)COP(=O)(O)O. The van der Waals surface area contributed by atoms with Gasteiger partial charge in [-0.1, -0.05) is 114 Å². The lowest BCUT2D eigenvalue weighted by atomic mass is 10.1. The van der Waals surface area contributed by atoms with Crippen LogP contribution in [0.1, 0.15) is 117 Å². The number of phosphoric acid groups is 1. The van der Waals surface area contributed by atoms with Crippen LogP contribution in [0, 0.1) is 0 Å². The Labute approximate surface area is 242 Å². The molecule has 1 unspecified atom stereocenters. The van der Waals surface area contributed by atoms with Crippen molar-refractivity contribution in [1.82, 2.24) is 0 Å². The Bertz CT molecular complexity index is 797. The van der Waals surface area contributed by atoms with Crippen LogP contribution in [0.2, 0.25) is 0 Å². The van der Waals surface area contributed by atoms with Crippen LogP contribution in [-0.2, 0) is 28.2 Å². The van der Waals surface area contributed by atoms with Crippen molar-refractivity contribution in [2.24, 2.45) is 0 Å². The van der Waals surface area contributed by atoms with Crippen LogP contribution in [0.15, 0.2) is 48.6 Å². The number of allylic oxidation sites excluding steroid dienone is 8. The second-order valence-corrected chi connectivity index (χ2v) is 10.9. The summed E-state index contributed by atoms with van der Waals surface area (Å²) in [6.07, 6.45) is 30.1. The molecule has 0 amide bonds. The average Bonchev–Trinajstić information content (AvgIpc) is 2.91. The first kappa shape index (κ1) is 38.0. The molecule has 40 heavy (non-hydrogen) atoms. The molecule has 8 nitrogen and oxygen atoms in total. The van der Waals surface area contributed by atoms with Crippen molar-refractivity contribution in [2.45, 2.75) is 123 Å². The van der Waals surface area contributed by atoms with E-state index in [2.05, 4.69) is 54.8 Å². The summed E-state index contributed by atoms with van der Waals surface area (Å²) in [4.78, 5) is 42.2. The lowest BCUT2D eigenvalue weighted by Crippen LogP contribution is -2.29. The molecule has 230 valence electrons. The number of rotatable bonds is 26. The van der Waals surface area contributed by atoms with E-state index >= 15 is 0 Å². The fraction of sp³-hybridized carbons (Fsp3) is 0.677. The van der Waals surface area contributed by atoms with Crippen molar-refractivity contribution in [3.63, 3.8) is 0 Å². The highest BCUT2D eigenvalue weighted by Gasteiger charge is 2.22. The van der Waals surface area contributed by atoms with Gasteiger partial charge in [0, 0.05) is 12.8 Å². The van der Waals surface area contributed by atoms with Gasteiger partial charge in [0.2, 0.25) is 0 Å². The molecule has 0 aliphatic carbocycles. The molecule has 0 aliphatic heterocycles. The highest BCUT2D eigenvalue weighted by Crippen LogP contribution is 2.35. The molecule has 0 aromatic heterocycles. The molecular weight excluding hydrogens is 531 g/mol. The average molecular weight is 585 g/mol. The van der Waals surface area contributed by atoms with Gasteiger partial charge in [-0.05, 0) is 38.5 Å². The van der Waals surface area contributed by atoms with Crippen molar-refractivity contribution in [1.29, 1.82) is 0 Å². The second kappa shape index (κ2) is 27.2. The molecule has 1 atom stereocenters. The molecular formula is C31H53O8P. The third-order valence-corrected chi connectivity index (χ3v) is 6.36. The predicted octanol–water partition coefficient (Wildman–Crippen LogP) is 8.06. The molecule has 0 rings (SSSR count). The number of esters is 2. The molecule has 0 aromatic rings. The lowest BCUT2D eigenvalue weighted by Gasteiger charge is -2.18. The Balaban J connectivity index is 4.22. The molecule has 0 bridgehead atoms. The molecule has 0 heterocycles. The maximum absolute atomic E-state index is 12.2. The molecule has 0 saturated heterocycles. The molecule has 0 radical (unpaired) electrons. The van der Waals surface area contributed by atoms with Crippen LogP contribution in [0.5, 0.6) is 0 Å². The number of hydrogen-bond donors (Lipinski definition) is 2. The molecule has 0 saturated carbocycles. The van der Waals surface area contributed by atoms with Gasteiger partial charge < -0.3 is 19.3 Å². The fourth-order valence-electron chi connectivity index (χ4n) is 3.68. The van der Waals surface area contributed by atoms with Crippen LogP contribution < -0.4 is 0 Å². The molecule has 0 aromatic carbocycles. The minimum atomic E-state index is -4.76. The minimum Gasteiger partial charge on any atom is -0.462 e. The van der Waals surface area contributed by atoms with Crippen molar-refractivity contribution >= 4 is 19.8 Å². The Kier molecular flexibility index (Phi) is 25.8. The van der Waals surface area contributed by atoms with Gasteiger partial charge in [0.05, 0.1) is 6.61 Å². The number of phosphoric ester groups is 1. The lowest BCUT2D eigenvalue weighted by molar-refractivity contribution is -0.161. The minimum absolute atomic E-state index is 0.0903. The van der Waals surface area contributed by atoms with Crippen LogP contribution in [0.4, 0.5) is 0 Å². The van der Waals surface area contributed by atoms with Gasteiger partial charge in [0.1, 0.15) is 6.61 Å². The highest BCUT2D eigenvalue weighted by atomic mass is 31.2. The van der Waals surface area contributed by atoms with Gasteiger partial charge in [-0.15, -0.1) is 0 Å². The van der Waals surface area contributed by atoms with Crippen molar-refractivity contribution < 1.29 is 37.9 Å². The van der Waals surface area contributed by atoms with Crippen molar-refractivity contribution in [2.75, 3.05) is 13.2 Å². The van der Waals surface area contributed by atoms with E-state index in [1.165, 1.54) is 32.1 Å². The van der Waals surface area contributed by atoms with Crippen LogP contribution >= 0.6 is 7.82 Å². The summed E-state index contributed by atoms with van der Waals surface area (Å²) in [5.74, 6) is -0.989. The van der Waals surface area contributed by atoms with Gasteiger partial charge in [0.25, 0.3) is 0 Å². The Morgan fingerprint density at radius 3 is 1.75 bits per heavy atom. The maximum atomic E-state index is 12.2. The number of hydrogen-bond acceptors (Lipinski definition) is 6. The van der Waals surface area contributed by atoms with Gasteiger partial charge in [-0.25, -0.2) is 4.57 Å². The second-order valence-electron chi connectivity index (χ2n) is 9.70. The summed E-state index contributed by atoms with van der Waals surface area (Å²) in [6, 6.07) is 0. The molecule has 0 fully saturated rings. The summed E-state index contributed by atoms with van der Waals surface area (Å²) >= 11 is 0. The van der Waals surface area contributed by atoms with Crippen LogP contribution in [0.25, 0.3) is 0 Å². The smallest absolute Gasteiger partial charge is 0.462 e.